The second-order valence-corrected chi connectivity index (χ2v) is 7.05. The van der Waals surface area contributed by atoms with Gasteiger partial charge in [-0.25, -0.2) is 0 Å². The zero-order valence-corrected chi connectivity index (χ0v) is 12.3. The van der Waals surface area contributed by atoms with Crippen molar-refractivity contribution in [1.29, 1.82) is 0 Å². The lowest BCUT2D eigenvalue weighted by Crippen LogP contribution is -2.37. The highest BCUT2D eigenvalue weighted by Crippen LogP contribution is 2.31. The highest BCUT2D eigenvalue weighted by atomic mass is 32.2. The van der Waals surface area contributed by atoms with E-state index in [2.05, 4.69) is 25.7 Å². The van der Waals surface area contributed by atoms with Crippen molar-refractivity contribution < 1.29 is 9.53 Å². The van der Waals surface area contributed by atoms with Crippen LogP contribution in [0.25, 0.3) is 0 Å². The molecule has 0 bridgehead atoms. The van der Waals surface area contributed by atoms with Gasteiger partial charge in [0.1, 0.15) is 0 Å². The van der Waals surface area contributed by atoms with Gasteiger partial charge in [-0.05, 0) is 26.8 Å². The van der Waals surface area contributed by atoms with Gasteiger partial charge in [0, 0.05) is 23.1 Å². The molecule has 1 rings (SSSR count). The molecular weight excluding hydrogens is 234 g/mol. The summed E-state index contributed by atoms with van der Waals surface area (Å²) in [5.74, 6) is 1.08. The van der Waals surface area contributed by atoms with Gasteiger partial charge in [0.05, 0.1) is 13.0 Å². The molecule has 100 valence electrons. The third-order valence-electron chi connectivity index (χ3n) is 3.26. The van der Waals surface area contributed by atoms with E-state index in [0.29, 0.717) is 23.8 Å². The lowest BCUT2D eigenvalue weighted by molar-refractivity contribution is -0.144. The third kappa shape index (κ3) is 5.30. The molecule has 1 aliphatic rings. The summed E-state index contributed by atoms with van der Waals surface area (Å²) < 4.78 is 5.38. The normalized spacial score (nSPS) is 22.8. The molecule has 1 fully saturated rings. The van der Waals surface area contributed by atoms with Crippen LogP contribution in [0.2, 0.25) is 0 Å². The van der Waals surface area contributed by atoms with Crippen molar-refractivity contribution >= 4 is 17.7 Å². The molecule has 1 aliphatic heterocycles. The largest absolute Gasteiger partial charge is 0.466 e. The quantitative estimate of drug-likeness (QED) is 0.726. The highest BCUT2D eigenvalue weighted by molar-refractivity contribution is 8.00. The van der Waals surface area contributed by atoms with Crippen LogP contribution in [0, 0.1) is 0 Å². The number of esters is 1. The van der Waals surface area contributed by atoms with Crippen LogP contribution >= 0.6 is 11.8 Å². The maximum atomic E-state index is 11.5. The van der Waals surface area contributed by atoms with Gasteiger partial charge in [0.15, 0.2) is 0 Å². The molecule has 3 nitrogen and oxygen atoms in total. The number of nitrogens with zero attached hydrogens (tertiary/aromatic N) is 1. The first-order valence-electron chi connectivity index (χ1n) is 6.48. The first-order valence-corrected chi connectivity index (χ1v) is 7.47. The molecule has 0 N–H and O–H groups in total. The smallest absolute Gasteiger partial charge is 0.307 e. The molecule has 0 radical (unpaired) electrons. The molecule has 1 atom stereocenters. The minimum atomic E-state index is -0.0730. The summed E-state index contributed by atoms with van der Waals surface area (Å²) in [6.45, 7) is 11.2. The molecular formula is C13H25NO2S. The van der Waals surface area contributed by atoms with E-state index in [9.17, 15) is 4.79 Å². The van der Waals surface area contributed by atoms with Crippen molar-refractivity contribution in [3.05, 3.63) is 0 Å². The van der Waals surface area contributed by atoms with Gasteiger partial charge in [-0.15, -0.1) is 0 Å². The summed E-state index contributed by atoms with van der Waals surface area (Å²) in [6.07, 6.45) is 1.70. The van der Waals surface area contributed by atoms with Crippen LogP contribution < -0.4 is 0 Å². The van der Waals surface area contributed by atoms with Gasteiger partial charge < -0.3 is 4.74 Å². The van der Waals surface area contributed by atoms with E-state index in [1.165, 1.54) is 6.42 Å². The Bertz CT molecular complexity index is 256. The predicted molar refractivity (Wildman–Crippen MR) is 73.4 cm³/mol. The predicted octanol–water partition coefficient (Wildman–Crippen LogP) is 2.55. The highest BCUT2D eigenvalue weighted by Gasteiger charge is 2.26. The second-order valence-electron chi connectivity index (χ2n) is 5.25. The summed E-state index contributed by atoms with van der Waals surface area (Å²) in [5.41, 5.74) is 0. The summed E-state index contributed by atoms with van der Waals surface area (Å²) >= 11 is 2.03. The Labute approximate surface area is 109 Å². The summed E-state index contributed by atoms with van der Waals surface area (Å²) in [6, 6.07) is 0.295. The number of thioether (sulfide) groups is 1. The molecule has 1 unspecified atom stereocenters. The molecule has 17 heavy (non-hydrogen) atoms. The zero-order chi connectivity index (χ0) is 12.9. The van der Waals surface area contributed by atoms with Gasteiger partial charge in [-0.2, -0.15) is 11.8 Å². The molecule has 0 aromatic carbocycles. The van der Waals surface area contributed by atoms with Crippen molar-refractivity contribution in [2.24, 2.45) is 0 Å². The summed E-state index contributed by atoms with van der Waals surface area (Å²) in [7, 11) is 0. The van der Waals surface area contributed by atoms with E-state index < -0.39 is 0 Å². The van der Waals surface area contributed by atoms with Gasteiger partial charge in [-0.1, -0.05) is 13.8 Å². The van der Waals surface area contributed by atoms with Crippen LogP contribution in [0.4, 0.5) is 0 Å². The van der Waals surface area contributed by atoms with Crippen molar-refractivity contribution in [1.82, 2.24) is 4.90 Å². The molecule has 1 saturated heterocycles. The van der Waals surface area contributed by atoms with E-state index in [1.54, 1.807) is 0 Å². The van der Waals surface area contributed by atoms with Gasteiger partial charge in [-0.3, -0.25) is 9.69 Å². The Morgan fingerprint density at radius 3 is 2.82 bits per heavy atom. The SMILES string of the molecule is CCOC(=O)CC(C)N1CCSC(C)(C)CC1. The fourth-order valence-corrected chi connectivity index (χ4v) is 3.18. The maximum Gasteiger partial charge on any atom is 0.307 e. The fraction of sp³-hybridized carbons (Fsp3) is 0.923. The van der Waals surface area contributed by atoms with Gasteiger partial charge in [0.2, 0.25) is 0 Å². The van der Waals surface area contributed by atoms with Crippen molar-refractivity contribution in [3.63, 3.8) is 0 Å². The molecule has 0 aromatic rings. The molecule has 0 saturated carbocycles. The van der Waals surface area contributed by atoms with E-state index in [0.717, 1.165) is 18.8 Å². The van der Waals surface area contributed by atoms with Gasteiger partial charge in [0.25, 0.3) is 0 Å². The fourth-order valence-electron chi connectivity index (χ4n) is 2.07. The van der Waals surface area contributed by atoms with E-state index in [-0.39, 0.29) is 5.97 Å². The molecule has 0 aromatic heterocycles. The second kappa shape index (κ2) is 6.64. The van der Waals surface area contributed by atoms with Crippen molar-refractivity contribution in [2.75, 3.05) is 25.4 Å². The Morgan fingerprint density at radius 1 is 1.47 bits per heavy atom. The van der Waals surface area contributed by atoms with Crippen LogP contribution in [0.3, 0.4) is 0 Å². The zero-order valence-electron chi connectivity index (χ0n) is 11.5. The number of hydrogen-bond acceptors (Lipinski definition) is 4. The van der Waals surface area contributed by atoms with Crippen LogP contribution in [0.1, 0.15) is 40.5 Å². The van der Waals surface area contributed by atoms with Gasteiger partial charge >= 0.3 is 5.97 Å². The summed E-state index contributed by atoms with van der Waals surface area (Å²) in [4.78, 5) is 13.9. The number of carbonyl (C=O) groups is 1. The number of carbonyl (C=O) groups excluding carboxylic acids is 1. The van der Waals surface area contributed by atoms with Crippen molar-refractivity contribution in [2.45, 2.75) is 51.3 Å². The molecule has 0 spiro atoms. The molecule has 0 aliphatic carbocycles. The Kier molecular flexibility index (Phi) is 5.80. The average molecular weight is 259 g/mol. The van der Waals surface area contributed by atoms with Crippen LogP contribution in [0.5, 0.6) is 0 Å². The summed E-state index contributed by atoms with van der Waals surface area (Å²) in [5, 5.41) is 0. The molecule has 4 heteroatoms. The Hall–Kier alpha value is -0.220. The lowest BCUT2D eigenvalue weighted by atomic mass is 10.1. The van der Waals surface area contributed by atoms with E-state index >= 15 is 0 Å². The van der Waals surface area contributed by atoms with Crippen molar-refractivity contribution in [3.8, 4) is 0 Å². The first-order chi connectivity index (χ1) is 7.94. The average Bonchev–Trinajstić information content (AvgIpc) is 2.39. The molecule has 1 heterocycles. The lowest BCUT2D eigenvalue weighted by Gasteiger charge is -2.27. The molecule has 0 amide bonds. The first kappa shape index (κ1) is 14.8. The Balaban J connectivity index is 2.41. The minimum absolute atomic E-state index is 0.0730. The monoisotopic (exact) mass is 259 g/mol. The third-order valence-corrected chi connectivity index (χ3v) is 4.64. The van der Waals surface area contributed by atoms with E-state index in [1.807, 2.05) is 18.7 Å². The minimum Gasteiger partial charge on any atom is -0.466 e. The standard InChI is InChI=1S/C13H25NO2S/c1-5-16-12(15)10-11(2)14-7-6-13(3,4)17-9-8-14/h11H,5-10H2,1-4H3. The number of rotatable bonds is 4. The van der Waals surface area contributed by atoms with Crippen LogP contribution in [0.15, 0.2) is 0 Å². The maximum absolute atomic E-state index is 11.5. The Morgan fingerprint density at radius 2 is 2.18 bits per heavy atom. The topological polar surface area (TPSA) is 29.5 Å². The number of hydrogen-bond donors (Lipinski definition) is 0. The van der Waals surface area contributed by atoms with E-state index in [4.69, 9.17) is 4.74 Å². The van der Waals surface area contributed by atoms with Crippen LogP contribution in [-0.2, 0) is 9.53 Å². The van der Waals surface area contributed by atoms with Crippen LogP contribution in [-0.4, -0.2) is 47.1 Å². The number of ether oxygens (including phenoxy) is 1.